The number of nitrogens with zero attached hydrogens (tertiary/aromatic N) is 1. The summed E-state index contributed by atoms with van der Waals surface area (Å²) >= 11 is 5.75. The molecule has 0 spiro atoms. The lowest BCUT2D eigenvalue weighted by Crippen LogP contribution is -2.35. The van der Waals surface area contributed by atoms with Gasteiger partial charge in [-0.1, -0.05) is 0 Å². The SMILES string of the molecule is O=C(C1CCS(=O)(=O)C1)N1CCC(CCl)C1. The van der Waals surface area contributed by atoms with Gasteiger partial charge in [-0.15, -0.1) is 11.6 Å². The van der Waals surface area contributed by atoms with Crippen LogP contribution in [0, 0.1) is 11.8 Å². The molecule has 0 aromatic heterocycles. The molecule has 16 heavy (non-hydrogen) atoms. The molecule has 0 aliphatic carbocycles. The van der Waals surface area contributed by atoms with E-state index in [2.05, 4.69) is 0 Å². The van der Waals surface area contributed by atoms with Crippen LogP contribution < -0.4 is 0 Å². The summed E-state index contributed by atoms with van der Waals surface area (Å²) in [5, 5.41) is 0. The Morgan fingerprint density at radius 1 is 1.38 bits per heavy atom. The van der Waals surface area contributed by atoms with E-state index in [1.807, 2.05) is 0 Å². The summed E-state index contributed by atoms with van der Waals surface area (Å²) < 4.78 is 22.6. The number of alkyl halides is 1. The average molecular weight is 266 g/mol. The van der Waals surface area contributed by atoms with Gasteiger partial charge in [0.2, 0.25) is 5.91 Å². The van der Waals surface area contributed by atoms with E-state index in [0.717, 1.165) is 13.0 Å². The van der Waals surface area contributed by atoms with Gasteiger partial charge in [0.05, 0.1) is 17.4 Å². The number of hydrogen-bond acceptors (Lipinski definition) is 3. The molecule has 0 bridgehead atoms. The molecule has 0 aromatic rings. The Morgan fingerprint density at radius 2 is 2.12 bits per heavy atom. The maximum absolute atomic E-state index is 12.0. The summed E-state index contributed by atoms with van der Waals surface area (Å²) in [7, 11) is -2.96. The molecule has 2 aliphatic heterocycles. The Labute approximate surface area is 101 Å². The number of rotatable bonds is 2. The van der Waals surface area contributed by atoms with E-state index in [1.165, 1.54) is 0 Å². The Kier molecular flexibility index (Phi) is 3.45. The number of carbonyl (C=O) groups is 1. The molecular weight excluding hydrogens is 250 g/mol. The average Bonchev–Trinajstić information content (AvgIpc) is 2.83. The van der Waals surface area contributed by atoms with E-state index < -0.39 is 9.84 Å². The topological polar surface area (TPSA) is 54.5 Å². The Balaban J connectivity index is 1.94. The Morgan fingerprint density at radius 3 is 2.62 bits per heavy atom. The summed E-state index contributed by atoms with van der Waals surface area (Å²) in [6, 6.07) is 0. The summed E-state index contributed by atoms with van der Waals surface area (Å²) in [4.78, 5) is 13.8. The van der Waals surface area contributed by atoms with Crippen LogP contribution in [0.1, 0.15) is 12.8 Å². The van der Waals surface area contributed by atoms with Crippen LogP contribution >= 0.6 is 11.6 Å². The molecule has 0 N–H and O–H groups in total. The van der Waals surface area contributed by atoms with Crippen LogP contribution in [0.2, 0.25) is 0 Å². The molecule has 1 amide bonds. The van der Waals surface area contributed by atoms with E-state index in [0.29, 0.717) is 24.8 Å². The van der Waals surface area contributed by atoms with E-state index in [-0.39, 0.29) is 23.3 Å². The molecule has 0 aromatic carbocycles. The van der Waals surface area contributed by atoms with E-state index in [1.54, 1.807) is 4.90 Å². The minimum absolute atomic E-state index is 0.00805. The standard InChI is InChI=1S/C10H16ClNO3S/c11-5-8-1-3-12(6-8)10(13)9-2-4-16(14,15)7-9/h8-9H,1-7H2. The second kappa shape index (κ2) is 4.53. The zero-order valence-corrected chi connectivity index (χ0v) is 10.6. The monoisotopic (exact) mass is 265 g/mol. The van der Waals surface area contributed by atoms with Gasteiger partial charge >= 0.3 is 0 Å². The highest BCUT2D eigenvalue weighted by Crippen LogP contribution is 2.25. The smallest absolute Gasteiger partial charge is 0.226 e. The van der Waals surface area contributed by atoms with Gasteiger partial charge in [-0.05, 0) is 18.8 Å². The van der Waals surface area contributed by atoms with Crippen molar-refractivity contribution < 1.29 is 13.2 Å². The number of likely N-dealkylation sites (tertiary alicyclic amines) is 1. The lowest BCUT2D eigenvalue weighted by Gasteiger charge is -2.19. The molecule has 2 rings (SSSR count). The maximum Gasteiger partial charge on any atom is 0.226 e. The zero-order chi connectivity index (χ0) is 11.8. The molecule has 0 saturated carbocycles. The highest BCUT2D eigenvalue weighted by Gasteiger charge is 2.37. The Bertz CT molecular complexity index is 382. The van der Waals surface area contributed by atoms with Gasteiger partial charge in [0.15, 0.2) is 9.84 Å². The maximum atomic E-state index is 12.0. The van der Waals surface area contributed by atoms with Crippen LogP contribution in [0.25, 0.3) is 0 Å². The summed E-state index contributed by atoms with van der Waals surface area (Å²) in [6.07, 6.45) is 1.43. The highest BCUT2D eigenvalue weighted by atomic mass is 35.5. The molecule has 2 saturated heterocycles. The van der Waals surface area contributed by atoms with Gasteiger partial charge in [-0.2, -0.15) is 0 Å². The van der Waals surface area contributed by atoms with Gasteiger partial charge in [0.1, 0.15) is 0 Å². The van der Waals surface area contributed by atoms with Gasteiger partial charge in [0, 0.05) is 19.0 Å². The lowest BCUT2D eigenvalue weighted by molar-refractivity contribution is -0.133. The van der Waals surface area contributed by atoms with E-state index in [4.69, 9.17) is 11.6 Å². The fraction of sp³-hybridized carbons (Fsp3) is 0.900. The zero-order valence-electron chi connectivity index (χ0n) is 9.06. The van der Waals surface area contributed by atoms with Crippen molar-refractivity contribution in [3.05, 3.63) is 0 Å². The molecule has 6 heteroatoms. The third-order valence-corrected chi connectivity index (χ3v) is 5.60. The van der Waals surface area contributed by atoms with Crippen LogP contribution in [0.15, 0.2) is 0 Å². The molecule has 92 valence electrons. The number of amides is 1. The fourth-order valence-electron chi connectivity index (χ4n) is 2.41. The lowest BCUT2D eigenvalue weighted by atomic mass is 10.1. The molecule has 2 heterocycles. The van der Waals surface area contributed by atoms with Crippen LogP contribution in [0.4, 0.5) is 0 Å². The van der Waals surface area contributed by atoms with Crippen molar-refractivity contribution in [2.75, 3.05) is 30.5 Å². The first-order valence-corrected chi connectivity index (χ1v) is 7.92. The Hall–Kier alpha value is -0.290. The summed E-state index contributed by atoms with van der Waals surface area (Å²) in [6.45, 7) is 1.42. The largest absolute Gasteiger partial charge is 0.342 e. The van der Waals surface area contributed by atoms with Crippen molar-refractivity contribution in [3.63, 3.8) is 0 Å². The number of hydrogen-bond donors (Lipinski definition) is 0. The van der Waals surface area contributed by atoms with Gasteiger partial charge < -0.3 is 4.90 Å². The van der Waals surface area contributed by atoms with Crippen molar-refractivity contribution >= 4 is 27.3 Å². The van der Waals surface area contributed by atoms with Crippen molar-refractivity contribution in [1.82, 2.24) is 4.90 Å². The first-order chi connectivity index (χ1) is 7.52. The quantitative estimate of drug-likeness (QED) is 0.684. The van der Waals surface area contributed by atoms with Crippen molar-refractivity contribution in [1.29, 1.82) is 0 Å². The molecule has 2 aliphatic rings. The van der Waals surface area contributed by atoms with E-state index in [9.17, 15) is 13.2 Å². The van der Waals surface area contributed by atoms with Crippen molar-refractivity contribution in [2.24, 2.45) is 11.8 Å². The minimum atomic E-state index is -2.96. The van der Waals surface area contributed by atoms with Crippen LogP contribution in [0.3, 0.4) is 0 Å². The molecule has 4 nitrogen and oxygen atoms in total. The highest BCUT2D eigenvalue weighted by molar-refractivity contribution is 7.91. The van der Waals surface area contributed by atoms with Gasteiger partial charge in [-0.3, -0.25) is 4.79 Å². The second-order valence-electron chi connectivity index (χ2n) is 4.69. The number of halogens is 1. The van der Waals surface area contributed by atoms with E-state index >= 15 is 0 Å². The summed E-state index contributed by atoms with van der Waals surface area (Å²) in [5.74, 6) is 0.855. The molecule has 0 radical (unpaired) electrons. The van der Waals surface area contributed by atoms with Gasteiger partial charge in [-0.25, -0.2) is 8.42 Å². The molecule has 2 fully saturated rings. The van der Waals surface area contributed by atoms with Gasteiger partial charge in [0.25, 0.3) is 0 Å². The third kappa shape index (κ3) is 2.51. The second-order valence-corrected chi connectivity index (χ2v) is 7.23. The normalized spacial score (nSPS) is 33.2. The van der Waals surface area contributed by atoms with Crippen molar-refractivity contribution in [3.8, 4) is 0 Å². The van der Waals surface area contributed by atoms with Crippen LogP contribution in [-0.4, -0.2) is 49.7 Å². The predicted octanol–water partition coefficient (Wildman–Crippen LogP) is 0.508. The third-order valence-electron chi connectivity index (χ3n) is 3.40. The van der Waals surface area contributed by atoms with Crippen LogP contribution in [0.5, 0.6) is 0 Å². The number of carbonyl (C=O) groups excluding carboxylic acids is 1. The summed E-state index contributed by atoms with van der Waals surface area (Å²) in [5.41, 5.74) is 0. The number of sulfone groups is 1. The molecular formula is C10H16ClNO3S. The van der Waals surface area contributed by atoms with Crippen molar-refractivity contribution in [2.45, 2.75) is 12.8 Å². The van der Waals surface area contributed by atoms with Crippen LogP contribution in [-0.2, 0) is 14.6 Å². The predicted molar refractivity (Wildman–Crippen MR) is 62.2 cm³/mol. The first-order valence-electron chi connectivity index (χ1n) is 5.57. The fourth-order valence-corrected chi connectivity index (χ4v) is 4.39. The first kappa shape index (κ1) is 12.2. The molecule has 2 unspecified atom stereocenters. The molecule has 2 atom stereocenters. The minimum Gasteiger partial charge on any atom is -0.342 e.